The quantitative estimate of drug-likeness (QED) is 0.558. The average Bonchev–Trinajstić information content (AvgIpc) is 2.46. The summed E-state index contributed by atoms with van der Waals surface area (Å²) in [7, 11) is 0. The predicted molar refractivity (Wildman–Crippen MR) is 37.5 cm³/mol. The zero-order chi connectivity index (χ0) is 7.72. The van der Waals surface area contributed by atoms with Crippen LogP contribution in [0.2, 0.25) is 0 Å². The van der Waals surface area contributed by atoms with Crippen molar-refractivity contribution in [1.29, 1.82) is 0 Å². The van der Waals surface area contributed by atoms with E-state index in [4.69, 9.17) is 10.8 Å². The average molecular weight is 141 g/mol. The molecule has 1 unspecified atom stereocenters. The van der Waals surface area contributed by atoms with Crippen molar-refractivity contribution in [2.75, 3.05) is 0 Å². The maximum absolute atomic E-state index is 10.2. The van der Waals surface area contributed by atoms with Crippen LogP contribution >= 0.6 is 0 Å². The molecule has 1 rings (SSSR count). The van der Waals surface area contributed by atoms with Crippen LogP contribution in [0.25, 0.3) is 0 Å². The number of hydrogen-bond acceptors (Lipinski definition) is 2. The standard InChI is InChI=1S/C7H11NO2/c1-4-2-5(4)3-6(8)7(9)10/h5-6H,1-3,8H2,(H,9,10)/t5?,6-/m0/s1. The van der Waals surface area contributed by atoms with E-state index >= 15 is 0 Å². The van der Waals surface area contributed by atoms with Crippen LogP contribution in [-0.2, 0) is 4.79 Å². The van der Waals surface area contributed by atoms with Crippen LogP contribution in [0, 0.1) is 5.92 Å². The van der Waals surface area contributed by atoms with Crippen molar-refractivity contribution in [3.05, 3.63) is 12.2 Å². The highest BCUT2D eigenvalue weighted by Gasteiger charge is 2.30. The van der Waals surface area contributed by atoms with Gasteiger partial charge in [0.25, 0.3) is 0 Å². The summed E-state index contributed by atoms with van der Waals surface area (Å²) in [6.07, 6.45) is 1.51. The summed E-state index contributed by atoms with van der Waals surface area (Å²) in [5, 5.41) is 8.39. The zero-order valence-corrected chi connectivity index (χ0v) is 5.71. The molecule has 0 saturated heterocycles. The number of allylic oxidation sites excluding steroid dienone is 1. The molecule has 1 fully saturated rings. The molecule has 1 aliphatic rings. The van der Waals surface area contributed by atoms with Crippen molar-refractivity contribution in [2.24, 2.45) is 11.7 Å². The number of nitrogens with two attached hydrogens (primary N) is 1. The lowest BCUT2D eigenvalue weighted by molar-refractivity contribution is -0.138. The third-order valence-corrected chi connectivity index (χ3v) is 1.78. The van der Waals surface area contributed by atoms with Crippen LogP contribution in [0.5, 0.6) is 0 Å². The fourth-order valence-corrected chi connectivity index (χ4v) is 0.915. The molecule has 0 aliphatic heterocycles. The van der Waals surface area contributed by atoms with Gasteiger partial charge in [0.2, 0.25) is 0 Å². The highest BCUT2D eigenvalue weighted by molar-refractivity contribution is 5.73. The summed E-state index contributed by atoms with van der Waals surface area (Å²) in [4.78, 5) is 10.2. The molecule has 1 aliphatic carbocycles. The van der Waals surface area contributed by atoms with Crippen LogP contribution in [0.15, 0.2) is 12.2 Å². The van der Waals surface area contributed by atoms with Crippen LogP contribution in [0.4, 0.5) is 0 Å². The molecule has 56 valence electrons. The minimum atomic E-state index is -0.917. The fourth-order valence-electron chi connectivity index (χ4n) is 0.915. The van der Waals surface area contributed by atoms with Crippen molar-refractivity contribution in [2.45, 2.75) is 18.9 Å². The number of carboxylic acid groups (broad SMARTS) is 1. The van der Waals surface area contributed by atoms with Gasteiger partial charge >= 0.3 is 5.97 Å². The van der Waals surface area contributed by atoms with Gasteiger partial charge in [-0.1, -0.05) is 12.2 Å². The minimum Gasteiger partial charge on any atom is -0.480 e. The van der Waals surface area contributed by atoms with Crippen LogP contribution < -0.4 is 5.73 Å². The Hall–Kier alpha value is -0.830. The van der Waals surface area contributed by atoms with Crippen molar-refractivity contribution in [3.63, 3.8) is 0 Å². The molecule has 3 heteroatoms. The van der Waals surface area contributed by atoms with Gasteiger partial charge in [0, 0.05) is 0 Å². The van der Waals surface area contributed by atoms with E-state index in [1.165, 1.54) is 0 Å². The second-order valence-electron chi connectivity index (χ2n) is 2.74. The molecule has 0 spiro atoms. The largest absolute Gasteiger partial charge is 0.480 e. The Balaban J connectivity index is 2.25. The maximum atomic E-state index is 10.2. The van der Waals surface area contributed by atoms with Gasteiger partial charge < -0.3 is 10.8 Å². The van der Waals surface area contributed by atoms with Crippen molar-refractivity contribution in [1.82, 2.24) is 0 Å². The van der Waals surface area contributed by atoms with E-state index in [2.05, 4.69) is 6.58 Å². The highest BCUT2D eigenvalue weighted by atomic mass is 16.4. The summed E-state index contributed by atoms with van der Waals surface area (Å²) in [5.74, 6) is -0.536. The van der Waals surface area contributed by atoms with E-state index in [1.54, 1.807) is 0 Å². The first-order chi connectivity index (χ1) is 4.61. The molecule has 3 nitrogen and oxygen atoms in total. The number of rotatable bonds is 3. The summed E-state index contributed by atoms with van der Waals surface area (Å²) < 4.78 is 0. The minimum absolute atomic E-state index is 0.381. The van der Waals surface area contributed by atoms with Crippen molar-refractivity contribution < 1.29 is 9.90 Å². The number of hydrogen-bond donors (Lipinski definition) is 2. The number of aliphatic carboxylic acids is 1. The van der Waals surface area contributed by atoms with Gasteiger partial charge in [-0.3, -0.25) is 4.79 Å². The second-order valence-corrected chi connectivity index (χ2v) is 2.74. The molecule has 2 atom stereocenters. The van der Waals surface area contributed by atoms with E-state index in [0.717, 1.165) is 12.0 Å². The lowest BCUT2D eigenvalue weighted by Gasteiger charge is -2.02. The Morgan fingerprint density at radius 3 is 2.80 bits per heavy atom. The summed E-state index contributed by atoms with van der Waals surface area (Å²) in [5.41, 5.74) is 6.41. The first kappa shape index (κ1) is 7.28. The first-order valence-electron chi connectivity index (χ1n) is 3.27. The van der Waals surface area contributed by atoms with Crippen LogP contribution in [0.3, 0.4) is 0 Å². The Morgan fingerprint density at radius 1 is 2.00 bits per heavy atom. The summed E-state index contributed by atoms with van der Waals surface area (Å²) in [6, 6.07) is -0.704. The van der Waals surface area contributed by atoms with E-state index in [0.29, 0.717) is 12.3 Å². The third-order valence-electron chi connectivity index (χ3n) is 1.78. The SMILES string of the molecule is C=C1CC1C[C@H](N)C(=O)O. The number of carboxylic acids is 1. The molecule has 0 aromatic rings. The Bertz CT molecular complexity index is 176. The van der Waals surface area contributed by atoms with Gasteiger partial charge in [0.15, 0.2) is 0 Å². The molecular weight excluding hydrogens is 130 g/mol. The van der Waals surface area contributed by atoms with Gasteiger partial charge in [-0.25, -0.2) is 0 Å². The van der Waals surface area contributed by atoms with Gasteiger partial charge in [0.05, 0.1) is 0 Å². The molecule has 10 heavy (non-hydrogen) atoms. The monoisotopic (exact) mass is 141 g/mol. The Morgan fingerprint density at radius 2 is 2.50 bits per heavy atom. The van der Waals surface area contributed by atoms with Gasteiger partial charge in [-0.2, -0.15) is 0 Å². The number of carbonyl (C=O) groups is 1. The first-order valence-corrected chi connectivity index (χ1v) is 3.27. The fraction of sp³-hybridized carbons (Fsp3) is 0.571. The van der Waals surface area contributed by atoms with E-state index < -0.39 is 12.0 Å². The molecule has 0 radical (unpaired) electrons. The Labute approximate surface area is 59.5 Å². The lowest BCUT2D eigenvalue weighted by Crippen LogP contribution is -2.30. The van der Waals surface area contributed by atoms with Gasteiger partial charge in [-0.05, 0) is 18.8 Å². The van der Waals surface area contributed by atoms with E-state index in [1.807, 2.05) is 0 Å². The molecule has 0 aromatic heterocycles. The van der Waals surface area contributed by atoms with Gasteiger partial charge in [-0.15, -0.1) is 0 Å². The second kappa shape index (κ2) is 2.42. The summed E-state index contributed by atoms with van der Waals surface area (Å²) >= 11 is 0. The molecule has 0 bridgehead atoms. The lowest BCUT2D eigenvalue weighted by atomic mass is 10.1. The van der Waals surface area contributed by atoms with Crippen LogP contribution in [-0.4, -0.2) is 17.1 Å². The normalized spacial score (nSPS) is 26.1. The van der Waals surface area contributed by atoms with Crippen molar-refractivity contribution in [3.8, 4) is 0 Å². The topological polar surface area (TPSA) is 63.3 Å². The molecule has 1 saturated carbocycles. The smallest absolute Gasteiger partial charge is 0.320 e. The maximum Gasteiger partial charge on any atom is 0.320 e. The zero-order valence-electron chi connectivity index (χ0n) is 5.71. The van der Waals surface area contributed by atoms with Crippen molar-refractivity contribution >= 4 is 5.97 Å². The molecule has 3 N–H and O–H groups in total. The molecule has 0 aromatic carbocycles. The van der Waals surface area contributed by atoms with Gasteiger partial charge in [0.1, 0.15) is 6.04 Å². The molecule has 0 amide bonds. The third kappa shape index (κ3) is 1.57. The predicted octanol–water partition coefficient (Wildman–Crippen LogP) is 0.365. The van der Waals surface area contributed by atoms with E-state index in [-0.39, 0.29) is 0 Å². The molecule has 0 heterocycles. The Kier molecular flexibility index (Phi) is 1.76. The van der Waals surface area contributed by atoms with Crippen LogP contribution in [0.1, 0.15) is 12.8 Å². The molecular formula is C7H11NO2. The summed E-state index contributed by atoms with van der Waals surface area (Å²) in [6.45, 7) is 3.71. The van der Waals surface area contributed by atoms with E-state index in [9.17, 15) is 4.79 Å². The highest BCUT2D eigenvalue weighted by Crippen LogP contribution is 2.39.